The monoisotopic (exact) mass is 220 g/mol. The zero-order valence-corrected chi connectivity index (χ0v) is 8.26. The van der Waals surface area contributed by atoms with E-state index in [1.807, 2.05) is 0 Å². The van der Waals surface area contributed by atoms with Gasteiger partial charge < -0.3 is 9.47 Å². The third-order valence-electron chi connectivity index (χ3n) is 2.96. The molecule has 5 nitrogen and oxygen atoms in total. The van der Waals surface area contributed by atoms with Gasteiger partial charge in [-0.1, -0.05) is 0 Å². The third-order valence-corrected chi connectivity index (χ3v) is 2.96. The molecule has 0 radical (unpaired) electrons. The number of carbonyl (C=O) groups excluding carboxylic acids is 3. The number of hydrogen-bond acceptors (Lipinski definition) is 5. The van der Waals surface area contributed by atoms with E-state index in [1.165, 1.54) is 12.2 Å². The van der Waals surface area contributed by atoms with Crippen molar-refractivity contribution in [3.63, 3.8) is 0 Å². The molecule has 0 saturated carbocycles. The van der Waals surface area contributed by atoms with Gasteiger partial charge in [-0.15, -0.1) is 0 Å². The van der Waals surface area contributed by atoms with Crippen molar-refractivity contribution in [3.8, 4) is 0 Å². The molecule has 0 aromatic carbocycles. The highest BCUT2D eigenvalue weighted by Gasteiger charge is 2.45. The minimum Gasteiger partial charge on any atom is -0.454 e. The Hall–Kier alpha value is -1.75. The van der Waals surface area contributed by atoms with Gasteiger partial charge in [-0.2, -0.15) is 0 Å². The molecule has 82 valence electrons. The summed E-state index contributed by atoms with van der Waals surface area (Å²) in [5.74, 6) is -0.892. The standard InChI is InChI=1S/C11H8O5/c12-6-1-2-7(13)10-5(6)4-15-8-3-9(14)16-11(8)10/h1-2,8,11H,3-4H2/t8-,11+/m1/s1. The van der Waals surface area contributed by atoms with Crippen molar-refractivity contribution >= 4 is 17.5 Å². The van der Waals surface area contributed by atoms with Crippen LogP contribution in [0.4, 0.5) is 0 Å². The van der Waals surface area contributed by atoms with Crippen molar-refractivity contribution in [1.29, 1.82) is 0 Å². The highest BCUT2D eigenvalue weighted by atomic mass is 16.6. The van der Waals surface area contributed by atoms with Crippen LogP contribution in [0.15, 0.2) is 23.3 Å². The van der Waals surface area contributed by atoms with Crippen LogP contribution in [0.1, 0.15) is 6.42 Å². The van der Waals surface area contributed by atoms with E-state index in [2.05, 4.69) is 0 Å². The Kier molecular flexibility index (Phi) is 1.85. The second-order valence-corrected chi connectivity index (χ2v) is 3.92. The molecule has 0 bridgehead atoms. The molecule has 0 spiro atoms. The van der Waals surface area contributed by atoms with Crippen LogP contribution in [0.3, 0.4) is 0 Å². The summed E-state index contributed by atoms with van der Waals surface area (Å²) in [5, 5.41) is 0. The molecular formula is C11H8O5. The molecule has 0 aromatic heterocycles. The normalized spacial score (nSPS) is 32.6. The van der Waals surface area contributed by atoms with Gasteiger partial charge in [0, 0.05) is 5.57 Å². The van der Waals surface area contributed by atoms with E-state index in [-0.39, 0.29) is 24.6 Å². The van der Waals surface area contributed by atoms with Crippen molar-refractivity contribution in [2.24, 2.45) is 0 Å². The van der Waals surface area contributed by atoms with E-state index < -0.39 is 18.2 Å². The number of rotatable bonds is 0. The lowest BCUT2D eigenvalue weighted by Gasteiger charge is -2.28. The molecule has 5 heteroatoms. The van der Waals surface area contributed by atoms with Crippen molar-refractivity contribution in [2.45, 2.75) is 18.6 Å². The van der Waals surface area contributed by atoms with Gasteiger partial charge >= 0.3 is 5.97 Å². The highest BCUT2D eigenvalue weighted by molar-refractivity contribution is 6.21. The molecule has 1 saturated heterocycles. The average Bonchev–Trinajstić information content (AvgIpc) is 2.63. The molecule has 16 heavy (non-hydrogen) atoms. The lowest BCUT2D eigenvalue weighted by atomic mass is 9.87. The molecule has 0 N–H and O–H groups in total. The predicted molar refractivity (Wildman–Crippen MR) is 50.4 cm³/mol. The first-order chi connectivity index (χ1) is 7.66. The Labute approximate surface area is 90.7 Å². The maximum Gasteiger partial charge on any atom is 0.309 e. The van der Waals surface area contributed by atoms with Crippen LogP contribution in [0.25, 0.3) is 0 Å². The van der Waals surface area contributed by atoms with Crippen LogP contribution >= 0.6 is 0 Å². The number of allylic oxidation sites excluding steroid dienone is 2. The van der Waals surface area contributed by atoms with Gasteiger partial charge in [0.15, 0.2) is 17.7 Å². The Morgan fingerprint density at radius 2 is 1.88 bits per heavy atom. The second-order valence-electron chi connectivity index (χ2n) is 3.92. The summed E-state index contributed by atoms with van der Waals surface area (Å²) >= 11 is 0. The van der Waals surface area contributed by atoms with Crippen LogP contribution < -0.4 is 0 Å². The van der Waals surface area contributed by atoms with Gasteiger partial charge in [0.2, 0.25) is 0 Å². The smallest absolute Gasteiger partial charge is 0.309 e. The zero-order chi connectivity index (χ0) is 11.3. The van der Waals surface area contributed by atoms with E-state index in [0.29, 0.717) is 11.1 Å². The Bertz CT molecular complexity index is 471. The zero-order valence-electron chi connectivity index (χ0n) is 8.26. The number of carbonyl (C=O) groups is 3. The molecule has 1 aliphatic carbocycles. The minimum atomic E-state index is -0.697. The number of esters is 1. The molecule has 0 amide bonds. The molecule has 3 rings (SSSR count). The first-order valence-corrected chi connectivity index (χ1v) is 4.97. The van der Waals surface area contributed by atoms with E-state index in [4.69, 9.17) is 9.47 Å². The Balaban J connectivity index is 2.07. The van der Waals surface area contributed by atoms with E-state index in [0.717, 1.165) is 0 Å². The average molecular weight is 220 g/mol. The van der Waals surface area contributed by atoms with Gasteiger partial charge in [-0.05, 0) is 12.2 Å². The van der Waals surface area contributed by atoms with Crippen molar-refractivity contribution in [1.82, 2.24) is 0 Å². The lowest BCUT2D eigenvalue weighted by Crippen LogP contribution is -2.39. The fraction of sp³-hybridized carbons (Fsp3) is 0.364. The predicted octanol–water partition coefficient (Wildman–Crippen LogP) is -0.295. The third kappa shape index (κ3) is 1.18. The summed E-state index contributed by atoms with van der Waals surface area (Å²) in [6, 6.07) is 0. The fourth-order valence-electron chi connectivity index (χ4n) is 2.20. The van der Waals surface area contributed by atoms with Gasteiger partial charge in [0.05, 0.1) is 18.6 Å². The van der Waals surface area contributed by atoms with Crippen molar-refractivity contribution in [3.05, 3.63) is 23.3 Å². The first-order valence-electron chi connectivity index (χ1n) is 4.97. The Morgan fingerprint density at radius 1 is 1.12 bits per heavy atom. The number of hydrogen-bond donors (Lipinski definition) is 0. The number of fused-ring (bicyclic) bond motifs is 2. The quantitative estimate of drug-likeness (QED) is 0.414. The lowest BCUT2D eigenvalue weighted by molar-refractivity contribution is -0.141. The summed E-state index contributed by atoms with van der Waals surface area (Å²) in [5.41, 5.74) is 0.623. The van der Waals surface area contributed by atoms with Crippen molar-refractivity contribution < 1.29 is 23.9 Å². The van der Waals surface area contributed by atoms with E-state index >= 15 is 0 Å². The summed E-state index contributed by atoms with van der Waals surface area (Å²) in [7, 11) is 0. The topological polar surface area (TPSA) is 69.7 Å². The van der Waals surface area contributed by atoms with Crippen molar-refractivity contribution in [2.75, 3.05) is 6.61 Å². The molecule has 2 aliphatic heterocycles. The maximum atomic E-state index is 11.7. The molecule has 3 aliphatic rings. The van der Waals surface area contributed by atoms with Gasteiger partial charge in [-0.25, -0.2) is 0 Å². The van der Waals surface area contributed by atoms with Crippen LogP contribution in [-0.2, 0) is 23.9 Å². The number of ketones is 2. The van der Waals surface area contributed by atoms with Crippen LogP contribution in [0.2, 0.25) is 0 Å². The highest BCUT2D eigenvalue weighted by Crippen LogP contribution is 2.33. The summed E-state index contributed by atoms with van der Waals surface area (Å²) in [6.07, 6.45) is 1.47. The SMILES string of the molecule is O=C1C[C@H]2OCC3=C(C(=O)C=CC3=O)[C@H]2O1. The second kappa shape index (κ2) is 3.12. The van der Waals surface area contributed by atoms with E-state index in [9.17, 15) is 14.4 Å². The van der Waals surface area contributed by atoms with Gasteiger partial charge in [0.1, 0.15) is 6.10 Å². The minimum absolute atomic E-state index is 0.0854. The molecule has 0 aromatic rings. The summed E-state index contributed by atoms with van der Waals surface area (Å²) in [4.78, 5) is 34.3. The van der Waals surface area contributed by atoms with Crippen LogP contribution in [0, 0.1) is 0 Å². The largest absolute Gasteiger partial charge is 0.454 e. The van der Waals surface area contributed by atoms with Gasteiger partial charge in [-0.3, -0.25) is 14.4 Å². The van der Waals surface area contributed by atoms with Crippen LogP contribution in [-0.4, -0.2) is 36.4 Å². The van der Waals surface area contributed by atoms with Crippen LogP contribution in [0.5, 0.6) is 0 Å². The number of ether oxygens (including phenoxy) is 2. The van der Waals surface area contributed by atoms with Gasteiger partial charge in [0.25, 0.3) is 0 Å². The maximum absolute atomic E-state index is 11.7. The molecule has 2 heterocycles. The summed E-state index contributed by atoms with van der Waals surface area (Å²) < 4.78 is 10.4. The molecule has 1 fully saturated rings. The molecule has 2 atom stereocenters. The first kappa shape index (κ1) is 9.47. The van der Waals surface area contributed by atoms with E-state index in [1.54, 1.807) is 0 Å². The fourth-order valence-corrected chi connectivity index (χ4v) is 2.20. The molecule has 0 unspecified atom stereocenters. The Morgan fingerprint density at radius 3 is 2.69 bits per heavy atom. The molecular weight excluding hydrogens is 212 g/mol. The summed E-state index contributed by atoms with van der Waals surface area (Å²) in [6.45, 7) is 0.0854.